The summed E-state index contributed by atoms with van der Waals surface area (Å²) in [5.74, 6) is 0.757. The van der Waals surface area contributed by atoms with E-state index >= 15 is 0 Å². The number of rotatable bonds is 6. The first-order chi connectivity index (χ1) is 9.13. The van der Waals surface area contributed by atoms with E-state index in [4.69, 9.17) is 9.26 Å². The topological polar surface area (TPSA) is 82.2 Å². The van der Waals surface area contributed by atoms with Gasteiger partial charge in [0.05, 0.1) is 6.33 Å². The number of amides is 1. The second-order valence-corrected chi connectivity index (χ2v) is 4.29. The number of aromatic nitrogens is 3. The fourth-order valence-corrected chi connectivity index (χ4v) is 1.62. The average Bonchev–Trinajstić information content (AvgIpc) is 2.98. The van der Waals surface area contributed by atoms with E-state index in [0.717, 1.165) is 0 Å². The van der Waals surface area contributed by atoms with E-state index in [1.165, 1.54) is 0 Å². The molecule has 0 radical (unpaired) electrons. The van der Waals surface area contributed by atoms with Gasteiger partial charge < -0.3 is 19.1 Å². The molecule has 1 amide bonds. The first kappa shape index (κ1) is 13.1. The maximum Gasteiger partial charge on any atom is 0.258 e. The Morgan fingerprint density at radius 2 is 2.47 bits per heavy atom. The molecule has 7 nitrogen and oxygen atoms in total. The highest BCUT2D eigenvalue weighted by atomic mass is 16.5. The average molecular weight is 264 g/mol. The Hall–Kier alpha value is -2.31. The molecular weight excluding hydrogens is 248 g/mol. The van der Waals surface area contributed by atoms with Crippen molar-refractivity contribution < 1.29 is 14.1 Å². The fraction of sp³-hybridized carbons (Fsp3) is 0.417. The molecule has 2 aromatic heterocycles. The maximum absolute atomic E-state index is 11.6. The van der Waals surface area contributed by atoms with Crippen LogP contribution in [0.5, 0.6) is 5.88 Å². The van der Waals surface area contributed by atoms with Crippen molar-refractivity contribution in [2.24, 2.45) is 0 Å². The van der Waals surface area contributed by atoms with Gasteiger partial charge in [-0.3, -0.25) is 4.79 Å². The quantitative estimate of drug-likeness (QED) is 0.833. The van der Waals surface area contributed by atoms with Crippen LogP contribution in [0.3, 0.4) is 0 Å². The molecule has 0 saturated carbocycles. The SMILES string of the molecule is Cc1cc(OCC(=O)NC(C)Cn2ccnc2)no1. The van der Waals surface area contributed by atoms with E-state index in [1.807, 2.05) is 17.7 Å². The summed E-state index contributed by atoms with van der Waals surface area (Å²) in [6.45, 7) is 4.25. The highest BCUT2D eigenvalue weighted by molar-refractivity contribution is 5.77. The van der Waals surface area contributed by atoms with Gasteiger partial charge in [-0.15, -0.1) is 0 Å². The van der Waals surface area contributed by atoms with Crippen LogP contribution >= 0.6 is 0 Å². The Bertz CT molecular complexity index is 521. The Balaban J connectivity index is 1.71. The molecule has 0 aliphatic carbocycles. The van der Waals surface area contributed by atoms with Gasteiger partial charge in [-0.1, -0.05) is 0 Å². The summed E-state index contributed by atoms with van der Waals surface area (Å²) < 4.78 is 11.9. The normalized spacial score (nSPS) is 12.1. The van der Waals surface area contributed by atoms with Crippen LogP contribution in [0.1, 0.15) is 12.7 Å². The van der Waals surface area contributed by atoms with Crippen molar-refractivity contribution in [3.05, 3.63) is 30.5 Å². The molecule has 0 bridgehead atoms. The molecule has 0 spiro atoms. The zero-order valence-corrected chi connectivity index (χ0v) is 10.9. The molecule has 0 fully saturated rings. The standard InChI is InChI=1S/C12H16N4O3/c1-9(6-16-4-3-13-8-16)14-11(17)7-18-12-5-10(2)19-15-12/h3-5,8-9H,6-7H2,1-2H3,(H,14,17). The van der Waals surface area contributed by atoms with Crippen LogP contribution in [0.4, 0.5) is 0 Å². The number of nitrogens with one attached hydrogen (secondary N) is 1. The molecule has 0 aliphatic heterocycles. The van der Waals surface area contributed by atoms with Gasteiger partial charge in [0.15, 0.2) is 6.61 Å². The van der Waals surface area contributed by atoms with Crippen LogP contribution in [-0.2, 0) is 11.3 Å². The van der Waals surface area contributed by atoms with Gasteiger partial charge in [-0.05, 0) is 19.0 Å². The van der Waals surface area contributed by atoms with Crippen LogP contribution in [0.15, 0.2) is 29.3 Å². The summed E-state index contributed by atoms with van der Waals surface area (Å²) in [4.78, 5) is 15.6. The van der Waals surface area contributed by atoms with E-state index in [-0.39, 0.29) is 18.6 Å². The van der Waals surface area contributed by atoms with Crippen molar-refractivity contribution in [2.75, 3.05) is 6.61 Å². The molecule has 0 aromatic carbocycles. The van der Waals surface area contributed by atoms with E-state index in [9.17, 15) is 4.79 Å². The largest absolute Gasteiger partial charge is 0.465 e. The van der Waals surface area contributed by atoms with Gasteiger partial charge in [-0.2, -0.15) is 0 Å². The minimum Gasteiger partial charge on any atom is -0.465 e. The number of carbonyl (C=O) groups excluding carboxylic acids is 1. The molecule has 0 aliphatic rings. The van der Waals surface area contributed by atoms with Crippen molar-refractivity contribution in [3.63, 3.8) is 0 Å². The highest BCUT2D eigenvalue weighted by Gasteiger charge is 2.09. The van der Waals surface area contributed by atoms with Gasteiger partial charge in [0, 0.05) is 31.0 Å². The maximum atomic E-state index is 11.6. The fourth-order valence-electron chi connectivity index (χ4n) is 1.62. The van der Waals surface area contributed by atoms with Crippen LogP contribution in [0.25, 0.3) is 0 Å². The number of hydrogen-bond acceptors (Lipinski definition) is 5. The minimum absolute atomic E-state index is 0.00987. The summed E-state index contributed by atoms with van der Waals surface area (Å²) >= 11 is 0. The van der Waals surface area contributed by atoms with Crippen molar-refractivity contribution in [2.45, 2.75) is 26.4 Å². The lowest BCUT2D eigenvalue weighted by Crippen LogP contribution is -2.38. The van der Waals surface area contributed by atoms with E-state index in [0.29, 0.717) is 18.2 Å². The van der Waals surface area contributed by atoms with Gasteiger partial charge in [0.25, 0.3) is 11.8 Å². The third-order valence-corrected chi connectivity index (χ3v) is 2.41. The molecule has 102 valence electrons. The molecule has 1 unspecified atom stereocenters. The third-order valence-electron chi connectivity index (χ3n) is 2.41. The molecule has 2 aromatic rings. The lowest BCUT2D eigenvalue weighted by atomic mass is 10.3. The molecule has 1 N–H and O–H groups in total. The molecule has 1 atom stereocenters. The Morgan fingerprint density at radius 1 is 1.63 bits per heavy atom. The molecule has 19 heavy (non-hydrogen) atoms. The van der Waals surface area contributed by atoms with Crippen LogP contribution in [0, 0.1) is 6.92 Å². The third kappa shape index (κ3) is 4.13. The van der Waals surface area contributed by atoms with Crippen LogP contribution < -0.4 is 10.1 Å². The number of nitrogens with zero attached hydrogens (tertiary/aromatic N) is 3. The Morgan fingerprint density at radius 3 is 3.11 bits per heavy atom. The summed E-state index contributed by atoms with van der Waals surface area (Å²) in [6.07, 6.45) is 5.25. The molecule has 0 saturated heterocycles. The van der Waals surface area contributed by atoms with Crippen molar-refractivity contribution >= 4 is 5.91 Å². The monoisotopic (exact) mass is 264 g/mol. The first-order valence-corrected chi connectivity index (χ1v) is 5.94. The molecular formula is C12H16N4O3. The Labute approximate surface area is 110 Å². The number of ether oxygens (including phenoxy) is 1. The number of carbonyl (C=O) groups is 1. The van der Waals surface area contributed by atoms with E-state index in [2.05, 4.69) is 15.5 Å². The number of aryl methyl sites for hydroxylation is 1. The summed E-state index contributed by atoms with van der Waals surface area (Å²) in [7, 11) is 0. The lowest BCUT2D eigenvalue weighted by Gasteiger charge is -2.14. The van der Waals surface area contributed by atoms with E-state index in [1.54, 1.807) is 25.5 Å². The summed E-state index contributed by atoms with van der Waals surface area (Å²) in [5, 5.41) is 6.46. The second-order valence-electron chi connectivity index (χ2n) is 4.29. The predicted molar refractivity (Wildman–Crippen MR) is 66.6 cm³/mol. The molecule has 2 rings (SSSR count). The second kappa shape index (κ2) is 6.03. The van der Waals surface area contributed by atoms with Crippen LogP contribution in [0.2, 0.25) is 0 Å². The molecule has 2 heterocycles. The van der Waals surface area contributed by atoms with Gasteiger partial charge in [-0.25, -0.2) is 4.98 Å². The van der Waals surface area contributed by atoms with Gasteiger partial charge >= 0.3 is 0 Å². The number of imidazole rings is 1. The van der Waals surface area contributed by atoms with Crippen molar-refractivity contribution in [1.82, 2.24) is 20.0 Å². The highest BCUT2D eigenvalue weighted by Crippen LogP contribution is 2.09. The van der Waals surface area contributed by atoms with Gasteiger partial charge in [0.2, 0.25) is 0 Å². The predicted octanol–water partition coefficient (Wildman–Crippen LogP) is 0.763. The van der Waals surface area contributed by atoms with Gasteiger partial charge in [0.1, 0.15) is 5.76 Å². The number of hydrogen-bond donors (Lipinski definition) is 1. The lowest BCUT2D eigenvalue weighted by molar-refractivity contribution is -0.123. The van der Waals surface area contributed by atoms with Crippen molar-refractivity contribution in [1.29, 1.82) is 0 Å². The van der Waals surface area contributed by atoms with E-state index < -0.39 is 0 Å². The first-order valence-electron chi connectivity index (χ1n) is 5.94. The summed E-state index contributed by atoms with van der Waals surface area (Å²) in [5.41, 5.74) is 0. The molecule has 7 heteroatoms. The van der Waals surface area contributed by atoms with Crippen molar-refractivity contribution in [3.8, 4) is 5.88 Å². The smallest absolute Gasteiger partial charge is 0.258 e. The zero-order valence-electron chi connectivity index (χ0n) is 10.9. The summed E-state index contributed by atoms with van der Waals surface area (Å²) in [6, 6.07) is 1.62. The minimum atomic E-state index is -0.201. The van der Waals surface area contributed by atoms with Crippen LogP contribution in [-0.4, -0.2) is 33.3 Å². The zero-order chi connectivity index (χ0) is 13.7. The Kier molecular flexibility index (Phi) is 4.17.